The SMILES string of the molecule is CC1=NNC2C(=O)N(CC(=O)NCc3ccccc3Cl)C3CCCCC3N12. The minimum absolute atomic E-state index is 0.0543. The van der Waals surface area contributed by atoms with E-state index in [1.54, 1.807) is 11.0 Å². The first-order valence-corrected chi connectivity index (χ1v) is 9.83. The zero-order valence-corrected chi connectivity index (χ0v) is 16.1. The van der Waals surface area contributed by atoms with Crippen molar-refractivity contribution in [1.29, 1.82) is 0 Å². The molecule has 2 N–H and O–H groups in total. The number of nitrogens with zero attached hydrogens (tertiary/aromatic N) is 3. The normalized spacial score (nSPS) is 26.8. The van der Waals surface area contributed by atoms with E-state index in [2.05, 4.69) is 20.7 Å². The van der Waals surface area contributed by atoms with Crippen molar-refractivity contribution < 1.29 is 9.59 Å². The minimum Gasteiger partial charge on any atom is -0.350 e. The van der Waals surface area contributed by atoms with Crippen molar-refractivity contribution in [2.75, 3.05) is 6.54 Å². The van der Waals surface area contributed by atoms with Crippen LogP contribution < -0.4 is 10.7 Å². The molecule has 3 aliphatic rings. The van der Waals surface area contributed by atoms with Crippen LogP contribution in [0.25, 0.3) is 0 Å². The topological polar surface area (TPSA) is 77.0 Å². The maximum Gasteiger partial charge on any atom is 0.268 e. The van der Waals surface area contributed by atoms with E-state index in [4.69, 9.17) is 11.6 Å². The number of benzene rings is 1. The lowest BCUT2D eigenvalue weighted by atomic mass is 9.85. The van der Waals surface area contributed by atoms with E-state index in [0.717, 1.165) is 37.1 Å². The van der Waals surface area contributed by atoms with Crippen LogP contribution in [0.5, 0.6) is 0 Å². The summed E-state index contributed by atoms with van der Waals surface area (Å²) >= 11 is 6.15. The molecular formula is C19H24ClN5O2. The van der Waals surface area contributed by atoms with E-state index in [9.17, 15) is 9.59 Å². The van der Waals surface area contributed by atoms with Gasteiger partial charge in [-0.15, -0.1) is 0 Å². The zero-order chi connectivity index (χ0) is 19.0. The van der Waals surface area contributed by atoms with Gasteiger partial charge in [0.2, 0.25) is 5.91 Å². The van der Waals surface area contributed by atoms with Gasteiger partial charge in [-0.3, -0.25) is 15.0 Å². The molecular weight excluding hydrogens is 366 g/mol. The Labute approximate surface area is 163 Å². The maximum atomic E-state index is 13.0. The van der Waals surface area contributed by atoms with Crippen LogP contribution in [0, 0.1) is 0 Å². The Kier molecular flexibility index (Phi) is 4.95. The van der Waals surface area contributed by atoms with Crippen LogP contribution in [0.4, 0.5) is 0 Å². The van der Waals surface area contributed by atoms with Crippen LogP contribution >= 0.6 is 11.6 Å². The molecule has 1 saturated carbocycles. The van der Waals surface area contributed by atoms with Crippen LogP contribution in [-0.4, -0.2) is 52.2 Å². The minimum atomic E-state index is -0.485. The van der Waals surface area contributed by atoms with Gasteiger partial charge in [0, 0.05) is 11.6 Å². The van der Waals surface area contributed by atoms with Crippen molar-refractivity contribution >= 4 is 29.3 Å². The summed E-state index contributed by atoms with van der Waals surface area (Å²) in [7, 11) is 0. The monoisotopic (exact) mass is 389 g/mol. The van der Waals surface area contributed by atoms with Gasteiger partial charge in [-0.25, -0.2) is 0 Å². The smallest absolute Gasteiger partial charge is 0.268 e. The first kappa shape index (κ1) is 18.1. The highest BCUT2D eigenvalue weighted by Crippen LogP contribution is 2.34. The molecule has 0 aromatic heterocycles. The summed E-state index contributed by atoms with van der Waals surface area (Å²) in [6.45, 7) is 2.35. The summed E-state index contributed by atoms with van der Waals surface area (Å²) in [6, 6.07) is 7.69. The lowest BCUT2D eigenvalue weighted by Gasteiger charge is -2.50. The van der Waals surface area contributed by atoms with Gasteiger partial charge < -0.3 is 15.1 Å². The molecule has 1 aromatic rings. The molecule has 0 radical (unpaired) electrons. The van der Waals surface area contributed by atoms with Crippen molar-refractivity contribution in [3.05, 3.63) is 34.9 Å². The van der Waals surface area contributed by atoms with Crippen LogP contribution in [0.3, 0.4) is 0 Å². The second-order valence-electron chi connectivity index (χ2n) is 7.35. The quantitative estimate of drug-likeness (QED) is 0.821. The van der Waals surface area contributed by atoms with Crippen molar-refractivity contribution in [2.24, 2.45) is 5.10 Å². The molecule has 144 valence electrons. The fourth-order valence-corrected chi connectivity index (χ4v) is 4.61. The molecule has 1 aliphatic carbocycles. The molecule has 4 rings (SSSR count). The molecule has 3 unspecified atom stereocenters. The number of piperazine rings is 1. The van der Waals surface area contributed by atoms with Crippen LogP contribution in [0.15, 0.2) is 29.4 Å². The van der Waals surface area contributed by atoms with Gasteiger partial charge in [0.05, 0.1) is 12.1 Å². The van der Waals surface area contributed by atoms with Crippen molar-refractivity contribution in [1.82, 2.24) is 20.5 Å². The molecule has 2 amide bonds. The molecule has 3 atom stereocenters. The molecule has 27 heavy (non-hydrogen) atoms. The second-order valence-corrected chi connectivity index (χ2v) is 7.76. The lowest BCUT2D eigenvalue weighted by molar-refractivity contribution is -0.152. The number of hydrogen-bond acceptors (Lipinski definition) is 5. The maximum absolute atomic E-state index is 13.0. The third kappa shape index (κ3) is 3.36. The predicted molar refractivity (Wildman–Crippen MR) is 103 cm³/mol. The average Bonchev–Trinajstić information content (AvgIpc) is 3.06. The molecule has 1 aromatic carbocycles. The Morgan fingerprint density at radius 1 is 1.30 bits per heavy atom. The standard InChI is InChI=1S/C19H24ClN5O2/c1-12-22-23-18-19(27)24(15-8-4-5-9-16(15)25(12)18)11-17(26)21-10-13-6-2-3-7-14(13)20/h2-3,6-7,15-16,18,23H,4-5,8-11H2,1H3,(H,21,26). The lowest BCUT2D eigenvalue weighted by Crippen LogP contribution is -2.69. The second kappa shape index (κ2) is 7.38. The summed E-state index contributed by atoms with van der Waals surface area (Å²) in [5.74, 6) is 0.608. The summed E-state index contributed by atoms with van der Waals surface area (Å²) in [6.07, 6.45) is 3.67. The van der Waals surface area contributed by atoms with Gasteiger partial charge in [0.1, 0.15) is 12.4 Å². The van der Waals surface area contributed by atoms with Gasteiger partial charge in [-0.2, -0.15) is 5.10 Å². The number of fused-ring (bicyclic) bond motifs is 3. The van der Waals surface area contributed by atoms with Crippen molar-refractivity contribution in [3.63, 3.8) is 0 Å². The molecule has 0 spiro atoms. The molecule has 7 nitrogen and oxygen atoms in total. The highest BCUT2D eigenvalue weighted by atomic mass is 35.5. The van der Waals surface area contributed by atoms with E-state index in [0.29, 0.717) is 11.6 Å². The van der Waals surface area contributed by atoms with Gasteiger partial charge in [-0.05, 0) is 31.4 Å². The number of hydrogen-bond donors (Lipinski definition) is 2. The number of amidine groups is 1. The van der Waals surface area contributed by atoms with E-state index < -0.39 is 6.17 Å². The van der Waals surface area contributed by atoms with E-state index in [1.165, 1.54) is 0 Å². The highest BCUT2D eigenvalue weighted by Gasteiger charge is 2.50. The average molecular weight is 390 g/mol. The number of nitrogens with one attached hydrogen (secondary N) is 2. The Morgan fingerprint density at radius 3 is 2.81 bits per heavy atom. The molecule has 1 saturated heterocycles. The largest absolute Gasteiger partial charge is 0.350 e. The van der Waals surface area contributed by atoms with E-state index >= 15 is 0 Å². The van der Waals surface area contributed by atoms with Crippen molar-refractivity contribution in [2.45, 2.75) is 57.4 Å². The molecule has 2 fully saturated rings. The summed E-state index contributed by atoms with van der Waals surface area (Å²) in [5.41, 5.74) is 3.79. The summed E-state index contributed by atoms with van der Waals surface area (Å²) < 4.78 is 0. The Hall–Kier alpha value is -2.28. The van der Waals surface area contributed by atoms with Crippen LogP contribution in [0.2, 0.25) is 5.02 Å². The zero-order valence-electron chi connectivity index (χ0n) is 15.3. The number of halogens is 1. The van der Waals surface area contributed by atoms with E-state index in [-0.39, 0.29) is 30.4 Å². The molecule has 8 heteroatoms. The third-order valence-electron chi connectivity index (χ3n) is 5.72. The van der Waals surface area contributed by atoms with Crippen LogP contribution in [0.1, 0.15) is 38.2 Å². The predicted octanol–water partition coefficient (Wildman–Crippen LogP) is 1.67. The van der Waals surface area contributed by atoms with Gasteiger partial charge in [0.25, 0.3) is 5.91 Å². The molecule has 2 heterocycles. The first-order valence-electron chi connectivity index (χ1n) is 9.45. The number of carbonyl (C=O) groups is 2. The highest BCUT2D eigenvalue weighted by molar-refractivity contribution is 6.31. The Balaban J connectivity index is 1.45. The third-order valence-corrected chi connectivity index (χ3v) is 6.09. The fraction of sp³-hybridized carbons (Fsp3) is 0.526. The van der Waals surface area contributed by atoms with Gasteiger partial charge in [-0.1, -0.05) is 42.6 Å². The number of carbonyl (C=O) groups excluding carboxylic acids is 2. The van der Waals surface area contributed by atoms with Gasteiger partial charge in [0.15, 0.2) is 6.17 Å². The number of rotatable bonds is 4. The molecule has 0 bridgehead atoms. The fourth-order valence-electron chi connectivity index (χ4n) is 4.41. The van der Waals surface area contributed by atoms with E-state index in [1.807, 2.05) is 25.1 Å². The van der Waals surface area contributed by atoms with Crippen LogP contribution in [-0.2, 0) is 16.1 Å². The first-order chi connectivity index (χ1) is 13.1. The number of amides is 2. The summed E-state index contributed by atoms with van der Waals surface area (Å²) in [5, 5.41) is 7.77. The van der Waals surface area contributed by atoms with Crippen molar-refractivity contribution in [3.8, 4) is 0 Å². The summed E-state index contributed by atoms with van der Waals surface area (Å²) in [4.78, 5) is 29.4. The van der Waals surface area contributed by atoms with Gasteiger partial charge >= 0.3 is 0 Å². The Morgan fingerprint density at radius 2 is 2.04 bits per heavy atom. The Bertz CT molecular complexity index is 783. The molecule has 2 aliphatic heterocycles. The number of hydrazone groups is 1.